The Hall–Kier alpha value is -4.65. The normalized spacial score (nSPS) is 11.3. The van der Waals surface area contributed by atoms with E-state index >= 15 is 0 Å². The van der Waals surface area contributed by atoms with E-state index in [2.05, 4.69) is 41.0 Å². The number of hydrogen-bond acceptors (Lipinski definition) is 10. The molecule has 0 aliphatic rings. The summed E-state index contributed by atoms with van der Waals surface area (Å²) in [6.07, 6.45) is 2.95. The van der Waals surface area contributed by atoms with E-state index < -0.39 is 0 Å². The van der Waals surface area contributed by atoms with E-state index in [0.717, 1.165) is 17.4 Å². The molecule has 12 nitrogen and oxygen atoms in total. The molecule has 168 valence electrons. The van der Waals surface area contributed by atoms with Crippen molar-refractivity contribution in [3.05, 3.63) is 92.8 Å². The molecule has 5 aromatic rings. The smallest absolute Gasteiger partial charge is 0.267 e. The molecule has 4 aromatic heterocycles. The van der Waals surface area contributed by atoms with Crippen LogP contribution in [0.4, 0.5) is 5.95 Å². The van der Waals surface area contributed by atoms with E-state index in [0.29, 0.717) is 21.5 Å². The fourth-order valence-electron chi connectivity index (χ4n) is 3.12. The third kappa shape index (κ3) is 4.31. The SMILES string of the molecule is Cc1cc(=O)[nH]c(NN=Cc2c(Sc3nnnn3-c3ccccc3)nc3ccccn3c2=O)n1. The number of nitrogens with zero attached hydrogens (tertiary/aromatic N) is 8. The summed E-state index contributed by atoms with van der Waals surface area (Å²) in [7, 11) is 0. The van der Waals surface area contributed by atoms with Gasteiger partial charge in [-0.15, -0.1) is 5.10 Å². The predicted octanol–water partition coefficient (Wildman–Crippen LogP) is 1.66. The molecule has 0 saturated carbocycles. The Kier molecular flexibility index (Phi) is 5.66. The quantitative estimate of drug-likeness (QED) is 0.214. The second-order valence-corrected chi connectivity index (χ2v) is 7.94. The number of hydrogen-bond donors (Lipinski definition) is 2. The number of anilines is 1. The van der Waals surface area contributed by atoms with E-state index in [9.17, 15) is 9.59 Å². The van der Waals surface area contributed by atoms with E-state index in [1.807, 2.05) is 30.3 Å². The van der Waals surface area contributed by atoms with Crippen LogP contribution in [0.2, 0.25) is 0 Å². The van der Waals surface area contributed by atoms with Gasteiger partial charge in [-0.1, -0.05) is 24.3 Å². The van der Waals surface area contributed by atoms with Gasteiger partial charge in [0.1, 0.15) is 10.7 Å². The molecule has 4 heterocycles. The Labute approximate surface area is 195 Å². The van der Waals surface area contributed by atoms with Crippen LogP contribution in [0.1, 0.15) is 11.3 Å². The van der Waals surface area contributed by atoms with Gasteiger partial charge in [0.15, 0.2) is 0 Å². The highest BCUT2D eigenvalue weighted by molar-refractivity contribution is 7.99. The van der Waals surface area contributed by atoms with E-state index in [4.69, 9.17) is 0 Å². The number of aromatic amines is 1. The lowest BCUT2D eigenvalue weighted by Gasteiger charge is -2.08. The summed E-state index contributed by atoms with van der Waals surface area (Å²) in [5, 5.41) is 16.8. The van der Waals surface area contributed by atoms with Crippen molar-refractivity contribution >= 4 is 29.6 Å². The summed E-state index contributed by atoms with van der Waals surface area (Å²) in [5.74, 6) is 0.150. The van der Waals surface area contributed by atoms with Crippen LogP contribution in [-0.4, -0.2) is 45.8 Å². The molecule has 0 aliphatic carbocycles. The number of hydrazone groups is 1. The number of pyridine rings is 1. The number of nitrogens with one attached hydrogen (secondary N) is 2. The highest BCUT2D eigenvalue weighted by Gasteiger charge is 2.17. The Balaban J connectivity index is 1.55. The van der Waals surface area contributed by atoms with Gasteiger partial charge >= 0.3 is 0 Å². The van der Waals surface area contributed by atoms with Gasteiger partial charge in [0.05, 0.1) is 17.5 Å². The summed E-state index contributed by atoms with van der Waals surface area (Å²) in [6.45, 7) is 1.69. The van der Waals surface area contributed by atoms with Crippen molar-refractivity contribution in [2.45, 2.75) is 17.1 Å². The molecule has 0 aliphatic heterocycles. The van der Waals surface area contributed by atoms with Crippen LogP contribution in [0.5, 0.6) is 0 Å². The number of tetrazole rings is 1. The molecule has 0 saturated heterocycles. The lowest BCUT2D eigenvalue weighted by molar-refractivity contribution is 0.755. The first-order chi connectivity index (χ1) is 16.6. The molecule has 2 N–H and O–H groups in total. The third-order valence-electron chi connectivity index (χ3n) is 4.60. The first-order valence-corrected chi connectivity index (χ1v) is 10.8. The molecule has 0 fully saturated rings. The molecule has 13 heteroatoms. The molecule has 0 bridgehead atoms. The van der Waals surface area contributed by atoms with Gasteiger partial charge < -0.3 is 0 Å². The Morgan fingerprint density at radius 2 is 1.91 bits per heavy atom. The monoisotopic (exact) mass is 472 g/mol. The van der Waals surface area contributed by atoms with Crippen molar-refractivity contribution in [2.75, 3.05) is 5.43 Å². The number of para-hydroxylation sites is 1. The van der Waals surface area contributed by atoms with Crippen LogP contribution >= 0.6 is 11.8 Å². The first kappa shape index (κ1) is 21.2. The topological polar surface area (TPSA) is 148 Å². The van der Waals surface area contributed by atoms with Gasteiger partial charge in [-0.3, -0.25) is 19.0 Å². The van der Waals surface area contributed by atoms with E-state index in [1.54, 1.807) is 36.0 Å². The first-order valence-electron chi connectivity index (χ1n) is 9.98. The van der Waals surface area contributed by atoms with Crippen molar-refractivity contribution in [3.63, 3.8) is 0 Å². The predicted molar refractivity (Wildman–Crippen MR) is 126 cm³/mol. The fraction of sp³-hybridized carbons (Fsp3) is 0.0476. The number of benzene rings is 1. The van der Waals surface area contributed by atoms with Crippen LogP contribution in [0, 0.1) is 6.92 Å². The van der Waals surface area contributed by atoms with Crippen LogP contribution < -0.4 is 16.5 Å². The molecule has 0 spiro atoms. The average molecular weight is 472 g/mol. The van der Waals surface area contributed by atoms with Crippen molar-refractivity contribution in [1.29, 1.82) is 0 Å². The maximum Gasteiger partial charge on any atom is 0.267 e. The van der Waals surface area contributed by atoms with Crippen molar-refractivity contribution < 1.29 is 0 Å². The third-order valence-corrected chi connectivity index (χ3v) is 5.54. The minimum Gasteiger partial charge on any atom is -0.291 e. The van der Waals surface area contributed by atoms with Crippen LogP contribution in [0.3, 0.4) is 0 Å². The number of aryl methyl sites for hydroxylation is 1. The van der Waals surface area contributed by atoms with Gasteiger partial charge in [0.2, 0.25) is 11.1 Å². The molecule has 5 rings (SSSR count). The van der Waals surface area contributed by atoms with Gasteiger partial charge in [-0.05, 0) is 53.4 Å². The standard InChI is InChI=1S/C21H16N10O2S/c1-13-11-17(32)25-20(23-13)26-22-12-15-18(24-16-9-5-6-10-30(16)19(15)33)34-21-27-28-29-31(21)14-7-3-2-4-8-14/h2-12H,1H3,(H2,23,25,26,32). The second kappa shape index (κ2) is 9.07. The Morgan fingerprint density at radius 3 is 2.74 bits per heavy atom. The molecule has 34 heavy (non-hydrogen) atoms. The van der Waals surface area contributed by atoms with Crippen molar-refractivity contribution in [2.24, 2.45) is 5.10 Å². The highest BCUT2D eigenvalue weighted by Crippen LogP contribution is 2.27. The fourth-order valence-corrected chi connectivity index (χ4v) is 3.99. The van der Waals surface area contributed by atoms with Crippen LogP contribution in [-0.2, 0) is 0 Å². The zero-order valence-electron chi connectivity index (χ0n) is 17.7. The minimum absolute atomic E-state index is 0.150. The molecule has 0 radical (unpaired) electrons. The van der Waals surface area contributed by atoms with Crippen LogP contribution in [0.25, 0.3) is 11.3 Å². The highest BCUT2D eigenvalue weighted by atomic mass is 32.2. The maximum atomic E-state index is 13.2. The molecule has 0 atom stereocenters. The largest absolute Gasteiger partial charge is 0.291 e. The summed E-state index contributed by atoms with van der Waals surface area (Å²) < 4.78 is 2.97. The second-order valence-electron chi connectivity index (χ2n) is 6.98. The maximum absolute atomic E-state index is 13.2. The van der Waals surface area contributed by atoms with Gasteiger partial charge in [0.25, 0.3) is 11.1 Å². The molecular weight excluding hydrogens is 456 g/mol. The number of rotatable bonds is 6. The van der Waals surface area contributed by atoms with Gasteiger partial charge in [0, 0.05) is 18.0 Å². The summed E-state index contributed by atoms with van der Waals surface area (Å²) in [6, 6.07) is 16.0. The average Bonchev–Trinajstić information content (AvgIpc) is 3.29. The number of aromatic nitrogens is 8. The zero-order valence-corrected chi connectivity index (χ0v) is 18.5. The van der Waals surface area contributed by atoms with E-state index in [1.165, 1.54) is 16.7 Å². The summed E-state index contributed by atoms with van der Waals surface area (Å²) >= 11 is 1.13. The number of H-pyrrole nitrogens is 1. The van der Waals surface area contributed by atoms with Crippen molar-refractivity contribution in [1.82, 2.24) is 39.6 Å². The van der Waals surface area contributed by atoms with Crippen LogP contribution in [0.15, 0.2) is 85.7 Å². The number of fused-ring (bicyclic) bond motifs is 1. The minimum atomic E-state index is -0.330. The zero-order chi connectivity index (χ0) is 23.5. The van der Waals surface area contributed by atoms with Gasteiger partial charge in [-0.25, -0.2) is 15.4 Å². The lowest BCUT2D eigenvalue weighted by Crippen LogP contribution is -2.21. The molecule has 0 unspecified atom stereocenters. The van der Waals surface area contributed by atoms with Crippen molar-refractivity contribution in [3.8, 4) is 5.69 Å². The molecular formula is C21H16N10O2S. The molecule has 1 aromatic carbocycles. The Bertz CT molecular complexity index is 1620. The van der Waals surface area contributed by atoms with E-state index in [-0.39, 0.29) is 22.6 Å². The molecule has 0 amide bonds. The summed E-state index contributed by atoms with van der Waals surface area (Å²) in [4.78, 5) is 36.2. The summed E-state index contributed by atoms with van der Waals surface area (Å²) in [5.41, 5.74) is 3.95. The lowest BCUT2D eigenvalue weighted by atomic mass is 10.3. The van der Waals surface area contributed by atoms with Gasteiger partial charge in [-0.2, -0.15) is 9.78 Å². The Morgan fingerprint density at radius 1 is 1.09 bits per heavy atom.